The van der Waals surface area contributed by atoms with Crippen LogP contribution in [-0.4, -0.2) is 25.9 Å². The van der Waals surface area contributed by atoms with Crippen LogP contribution < -0.4 is 0 Å². The number of hydrogen-bond acceptors (Lipinski definition) is 2. The maximum Gasteiger partial charge on any atom is 0.108 e. The molecule has 1 rings (SSSR count). The highest BCUT2D eigenvalue weighted by Crippen LogP contribution is 2.23. The first-order valence-electron chi connectivity index (χ1n) is 4.44. The van der Waals surface area contributed by atoms with E-state index in [0.717, 1.165) is 6.42 Å². The molecule has 0 aliphatic heterocycles. The molecule has 0 heterocycles. The van der Waals surface area contributed by atoms with Crippen molar-refractivity contribution < 1.29 is 9.47 Å². The fraction of sp³-hybridized carbons (Fsp3) is 0.455. The molecule has 0 bridgehead atoms. The molecule has 0 aromatic heterocycles. The Kier molecular flexibility index (Phi) is 3.93. The van der Waals surface area contributed by atoms with Crippen LogP contribution in [-0.2, 0) is 9.47 Å². The smallest absolute Gasteiger partial charge is 0.108 e. The summed E-state index contributed by atoms with van der Waals surface area (Å²) in [5, 5.41) is 0. The Labute approximate surface area is 79.5 Å². The van der Waals surface area contributed by atoms with Crippen molar-refractivity contribution in [3.8, 4) is 0 Å². The highest BCUT2D eigenvalue weighted by molar-refractivity contribution is 5.24. The summed E-state index contributed by atoms with van der Waals surface area (Å²) in [6.45, 7) is 5.00. The molecule has 0 saturated heterocycles. The minimum atomic E-state index is -0.312. The summed E-state index contributed by atoms with van der Waals surface area (Å²) in [5.41, 5.74) is -0.312. The van der Waals surface area contributed by atoms with Crippen LogP contribution in [0.4, 0.5) is 0 Å². The van der Waals surface area contributed by atoms with Gasteiger partial charge in [-0.1, -0.05) is 30.9 Å². The Balaban J connectivity index is 2.45. The van der Waals surface area contributed by atoms with Gasteiger partial charge in [0.1, 0.15) is 5.60 Å². The monoisotopic (exact) mass is 180 g/mol. The van der Waals surface area contributed by atoms with E-state index in [1.54, 1.807) is 7.11 Å². The molecule has 0 N–H and O–H groups in total. The first kappa shape index (κ1) is 10.2. The second-order valence-corrected chi connectivity index (χ2v) is 2.99. The van der Waals surface area contributed by atoms with E-state index < -0.39 is 0 Å². The molecule has 0 spiro atoms. The van der Waals surface area contributed by atoms with Crippen molar-refractivity contribution in [3.63, 3.8) is 0 Å². The predicted octanol–water partition coefficient (Wildman–Crippen LogP) is 2.09. The molecule has 2 heteroatoms. The quantitative estimate of drug-likeness (QED) is 0.476. The molecule has 2 nitrogen and oxygen atoms in total. The van der Waals surface area contributed by atoms with Gasteiger partial charge in [0, 0.05) is 13.5 Å². The zero-order valence-corrected chi connectivity index (χ0v) is 8.03. The van der Waals surface area contributed by atoms with Crippen molar-refractivity contribution >= 4 is 0 Å². The molecule has 0 aromatic rings. The average molecular weight is 180 g/mol. The highest BCUT2D eigenvalue weighted by atomic mass is 16.5. The van der Waals surface area contributed by atoms with Crippen LogP contribution in [0.5, 0.6) is 0 Å². The van der Waals surface area contributed by atoms with Crippen molar-refractivity contribution in [2.24, 2.45) is 0 Å². The standard InChI is InChI=1S/C11H16O2/c1-3-11(13-10-9-12-2)7-5-4-6-8-11/h3-7H,1,8-10H2,2H3. The van der Waals surface area contributed by atoms with Gasteiger partial charge < -0.3 is 9.47 Å². The third-order valence-electron chi connectivity index (χ3n) is 2.07. The molecule has 0 radical (unpaired) electrons. The van der Waals surface area contributed by atoms with Crippen LogP contribution >= 0.6 is 0 Å². The van der Waals surface area contributed by atoms with Crippen molar-refractivity contribution in [1.29, 1.82) is 0 Å². The van der Waals surface area contributed by atoms with E-state index in [1.807, 2.05) is 24.3 Å². The minimum absolute atomic E-state index is 0.312. The Morgan fingerprint density at radius 2 is 2.31 bits per heavy atom. The third kappa shape index (κ3) is 2.83. The van der Waals surface area contributed by atoms with E-state index in [1.165, 1.54) is 0 Å². The van der Waals surface area contributed by atoms with E-state index in [4.69, 9.17) is 9.47 Å². The first-order chi connectivity index (χ1) is 6.33. The zero-order valence-electron chi connectivity index (χ0n) is 8.03. The predicted molar refractivity (Wildman–Crippen MR) is 53.7 cm³/mol. The first-order valence-corrected chi connectivity index (χ1v) is 4.44. The second-order valence-electron chi connectivity index (χ2n) is 2.99. The molecule has 1 unspecified atom stereocenters. The van der Waals surface area contributed by atoms with Crippen molar-refractivity contribution in [3.05, 3.63) is 37.0 Å². The third-order valence-corrected chi connectivity index (χ3v) is 2.07. The van der Waals surface area contributed by atoms with Gasteiger partial charge >= 0.3 is 0 Å². The number of hydrogen-bond donors (Lipinski definition) is 0. The fourth-order valence-electron chi connectivity index (χ4n) is 1.25. The lowest BCUT2D eigenvalue weighted by Gasteiger charge is -2.27. The number of allylic oxidation sites excluding steroid dienone is 2. The van der Waals surface area contributed by atoms with E-state index in [-0.39, 0.29) is 5.60 Å². The lowest BCUT2D eigenvalue weighted by Crippen LogP contribution is -2.29. The van der Waals surface area contributed by atoms with E-state index >= 15 is 0 Å². The van der Waals surface area contributed by atoms with Gasteiger partial charge in [-0.15, -0.1) is 0 Å². The van der Waals surface area contributed by atoms with Gasteiger partial charge in [-0.05, 0) is 6.08 Å². The summed E-state index contributed by atoms with van der Waals surface area (Å²) < 4.78 is 10.6. The van der Waals surface area contributed by atoms with Crippen molar-refractivity contribution in [2.45, 2.75) is 12.0 Å². The molecular weight excluding hydrogens is 164 g/mol. The van der Waals surface area contributed by atoms with Crippen LogP contribution in [0.25, 0.3) is 0 Å². The maximum absolute atomic E-state index is 5.68. The van der Waals surface area contributed by atoms with Crippen molar-refractivity contribution in [2.75, 3.05) is 20.3 Å². The molecular formula is C11H16O2. The topological polar surface area (TPSA) is 18.5 Å². The largest absolute Gasteiger partial charge is 0.382 e. The fourth-order valence-corrected chi connectivity index (χ4v) is 1.25. The molecule has 0 aromatic carbocycles. The lowest BCUT2D eigenvalue weighted by atomic mass is 9.95. The van der Waals surface area contributed by atoms with Crippen LogP contribution in [0.3, 0.4) is 0 Å². The Bertz CT molecular complexity index is 218. The summed E-state index contributed by atoms with van der Waals surface area (Å²) in [6.07, 6.45) is 10.8. The van der Waals surface area contributed by atoms with Gasteiger partial charge in [0.05, 0.1) is 13.2 Å². The average Bonchev–Trinajstić information content (AvgIpc) is 2.20. The Hall–Kier alpha value is -0.860. The summed E-state index contributed by atoms with van der Waals surface area (Å²) in [7, 11) is 1.67. The molecule has 13 heavy (non-hydrogen) atoms. The minimum Gasteiger partial charge on any atom is -0.382 e. The molecule has 1 atom stereocenters. The molecule has 1 aliphatic carbocycles. The lowest BCUT2D eigenvalue weighted by molar-refractivity contribution is -0.00145. The van der Waals surface area contributed by atoms with Gasteiger partial charge in [-0.25, -0.2) is 0 Å². The maximum atomic E-state index is 5.68. The number of rotatable bonds is 5. The Morgan fingerprint density at radius 3 is 2.85 bits per heavy atom. The SMILES string of the molecule is C=CC1(OCCOC)C=CC=CC1. The van der Waals surface area contributed by atoms with Gasteiger partial charge in [0.2, 0.25) is 0 Å². The molecule has 0 fully saturated rings. The van der Waals surface area contributed by atoms with Crippen LogP contribution in [0, 0.1) is 0 Å². The van der Waals surface area contributed by atoms with E-state index in [9.17, 15) is 0 Å². The second kappa shape index (κ2) is 5.00. The van der Waals surface area contributed by atoms with Crippen LogP contribution in [0.15, 0.2) is 37.0 Å². The van der Waals surface area contributed by atoms with Crippen LogP contribution in [0.1, 0.15) is 6.42 Å². The van der Waals surface area contributed by atoms with E-state index in [0.29, 0.717) is 13.2 Å². The number of methoxy groups -OCH3 is 1. The summed E-state index contributed by atoms with van der Waals surface area (Å²) >= 11 is 0. The molecule has 0 amide bonds. The molecule has 1 aliphatic rings. The Morgan fingerprint density at radius 1 is 1.46 bits per heavy atom. The van der Waals surface area contributed by atoms with Gasteiger partial charge in [-0.2, -0.15) is 0 Å². The van der Waals surface area contributed by atoms with Gasteiger partial charge in [-0.3, -0.25) is 0 Å². The summed E-state index contributed by atoms with van der Waals surface area (Å²) in [6, 6.07) is 0. The number of ether oxygens (including phenoxy) is 2. The zero-order chi connectivity index (χ0) is 9.57. The van der Waals surface area contributed by atoms with Crippen LogP contribution in [0.2, 0.25) is 0 Å². The van der Waals surface area contributed by atoms with Gasteiger partial charge in [0.15, 0.2) is 0 Å². The normalized spacial score (nSPS) is 26.2. The van der Waals surface area contributed by atoms with E-state index in [2.05, 4.69) is 12.7 Å². The molecule has 72 valence electrons. The summed E-state index contributed by atoms with van der Waals surface area (Å²) in [4.78, 5) is 0. The van der Waals surface area contributed by atoms with Crippen molar-refractivity contribution in [1.82, 2.24) is 0 Å². The highest BCUT2D eigenvalue weighted by Gasteiger charge is 2.23. The van der Waals surface area contributed by atoms with Gasteiger partial charge in [0.25, 0.3) is 0 Å². The molecule has 0 saturated carbocycles. The summed E-state index contributed by atoms with van der Waals surface area (Å²) in [5.74, 6) is 0.